The average molecular weight is 288 g/mol. The van der Waals surface area contributed by atoms with Crippen LogP contribution in [0.3, 0.4) is 0 Å². The van der Waals surface area contributed by atoms with Crippen molar-refractivity contribution in [3.63, 3.8) is 0 Å². The molecule has 0 radical (unpaired) electrons. The molecule has 18 heavy (non-hydrogen) atoms. The average Bonchev–Trinajstić information content (AvgIpc) is 2.70. The van der Waals surface area contributed by atoms with Crippen LogP contribution in [0.2, 0.25) is 0 Å². The molecule has 0 atom stereocenters. The van der Waals surface area contributed by atoms with E-state index in [1.54, 1.807) is 25.3 Å². The first-order valence-corrected chi connectivity index (χ1v) is 6.13. The van der Waals surface area contributed by atoms with Crippen LogP contribution in [-0.4, -0.2) is 4.98 Å². The molecule has 3 N–H and O–H groups in total. The quantitative estimate of drug-likeness (QED) is 0.909. The van der Waals surface area contributed by atoms with Gasteiger partial charge in [-0.25, -0.2) is 9.37 Å². The number of nitrogen functional groups attached to an aromatic ring is 1. The Hall–Kier alpha value is -1.17. The van der Waals surface area contributed by atoms with Crippen molar-refractivity contribution in [2.24, 2.45) is 0 Å². The SMILES string of the molecule is Cc1ccc(CNCc2cnc(N)s2)cc1F.Cl. The second-order valence-corrected chi connectivity index (χ2v) is 5.00. The summed E-state index contributed by atoms with van der Waals surface area (Å²) in [7, 11) is 0. The summed E-state index contributed by atoms with van der Waals surface area (Å²) in [5.41, 5.74) is 7.13. The number of thiazole rings is 1. The van der Waals surface area contributed by atoms with Crippen molar-refractivity contribution in [2.45, 2.75) is 20.0 Å². The lowest BCUT2D eigenvalue weighted by Gasteiger charge is -2.04. The fourth-order valence-electron chi connectivity index (χ4n) is 1.48. The monoisotopic (exact) mass is 287 g/mol. The van der Waals surface area contributed by atoms with Crippen molar-refractivity contribution in [1.82, 2.24) is 10.3 Å². The molecular formula is C12H15ClFN3S. The standard InChI is InChI=1S/C12H14FN3S.ClH/c1-8-2-3-9(4-11(8)13)5-15-6-10-7-16-12(14)17-10;/h2-4,7,15H,5-6H2,1H3,(H2,14,16);1H. The topological polar surface area (TPSA) is 50.9 Å². The van der Waals surface area contributed by atoms with E-state index in [0.717, 1.165) is 10.4 Å². The zero-order valence-corrected chi connectivity index (χ0v) is 11.6. The molecule has 0 spiro atoms. The third-order valence-corrected chi connectivity index (χ3v) is 3.26. The van der Waals surface area contributed by atoms with Crippen molar-refractivity contribution >= 4 is 28.9 Å². The number of benzene rings is 1. The zero-order valence-electron chi connectivity index (χ0n) is 9.94. The smallest absolute Gasteiger partial charge is 0.180 e. The summed E-state index contributed by atoms with van der Waals surface area (Å²) in [5, 5.41) is 3.80. The normalized spacial score (nSPS) is 10.1. The third kappa shape index (κ3) is 3.94. The van der Waals surface area contributed by atoms with Gasteiger partial charge in [0, 0.05) is 24.2 Å². The maximum atomic E-state index is 13.3. The lowest BCUT2D eigenvalue weighted by atomic mass is 10.1. The molecule has 3 nitrogen and oxygen atoms in total. The van der Waals surface area contributed by atoms with Crippen molar-refractivity contribution in [2.75, 3.05) is 5.73 Å². The molecule has 98 valence electrons. The van der Waals surface area contributed by atoms with Crippen LogP contribution in [0, 0.1) is 12.7 Å². The highest BCUT2D eigenvalue weighted by Crippen LogP contribution is 2.14. The van der Waals surface area contributed by atoms with E-state index in [1.807, 2.05) is 6.07 Å². The molecule has 0 unspecified atom stereocenters. The Morgan fingerprint density at radius 3 is 2.78 bits per heavy atom. The molecular weight excluding hydrogens is 273 g/mol. The Morgan fingerprint density at radius 2 is 2.17 bits per heavy atom. The molecule has 0 amide bonds. The van der Waals surface area contributed by atoms with Crippen LogP contribution in [0.1, 0.15) is 16.0 Å². The lowest BCUT2D eigenvalue weighted by molar-refractivity contribution is 0.611. The zero-order chi connectivity index (χ0) is 12.3. The lowest BCUT2D eigenvalue weighted by Crippen LogP contribution is -2.11. The van der Waals surface area contributed by atoms with Crippen LogP contribution in [0.5, 0.6) is 0 Å². The van der Waals surface area contributed by atoms with Gasteiger partial charge in [-0.3, -0.25) is 0 Å². The second kappa shape index (κ2) is 6.68. The minimum Gasteiger partial charge on any atom is -0.375 e. The van der Waals surface area contributed by atoms with Gasteiger partial charge in [0.25, 0.3) is 0 Å². The van der Waals surface area contributed by atoms with Crippen LogP contribution < -0.4 is 11.1 Å². The predicted molar refractivity (Wildman–Crippen MR) is 75.5 cm³/mol. The van der Waals surface area contributed by atoms with Gasteiger partial charge >= 0.3 is 0 Å². The Morgan fingerprint density at radius 1 is 1.39 bits per heavy atom. The van der Waals surface area contributed by atoms with Gasteiger partial charge in [-0.05, 0) is 24.1 Å². The molecule has 1 heterocycles. The molecule has 6 heteroatoms. The Kier molecular flexibility index (Phi) is 5.53. The molecule has 2 rings (SSSR count). The number of aromatic nitrogens is 1. The fraction of sp³-hybridized carbons (Fsp3) is 0.250. The molecule has 0 saturated carbocycles. The van der Waals surface area contributed by atoms with Crippen molar-refractivity contribution < 1.29 is 4.39 Å². The third-order valence-electron chi connectivity index (χ3n) is 2.44. The minimum atomic E-state index is -0.161. The van der Waals surface area contributed by atoms with Gasteiger partial charge in [0.2, 0.25) is 0 Å². The summed E-state index contributed by atoms with van der Waals surface area (Å²) in [6.45, 7) is 3.09. The molecule has 0 fully saturated rings. The Bertz CT molecular complexity index is 516. The summed E-state index contributed by atoms with van der Waals surface area (Å²) in [4.78, 5) is 5.04. The summed E-state index contributed by atoms with van der Waals surface area (Å²) in [6.07, 6.45) is 1.75. The number of rotatable bonds is 4. The van der Waals surface area contributed by atoms with E-state index in [9.17, 15) is 4.39 Å². The molecule has 0 saturated heterocycles. The number of hydrogen-bond donors (Lipinski definition) is 2. The first-order valence-electron chi connectivity index (χ1n) is 5.31. The highest BCUT2D eigenvalue weighted by Gasteiger charge is 2.01. The molecule has 1 aromatic carbocycles. The predicted octanol–water partition coefficient (Wildman–Crippen LogP) is 2.88. The number of halogens is 2. The van der Waals surface area contributed by atoms with E-state index >= 15 is 0 Å². The highest BCUT2D eigenvalue weighted by atomic mass is 35.5. The number of anilines is 1. The van der Waals surface area contributed by atoms with Crippen molar-refractivity contribution in [3.05, 3.63) is 46.2 Å². The first kappa shape index (κ1) is 14.9. The van der Waals surface area contributed by atoms with Crippen LogP contribution >= 0.6 is 23.7 Å². The van der Waals surface area contributed by atoms with Gasteiger partial charge in [-0.1, -0.05) is 12.1 Å². The summed E-state index contributed by atoms with van der Waals surface area (Å²) in [6, 6.07) is 5.27. The van der Waals surface area contributed by atoms with Crippen molar-refractivity contribution in [3.8, 4) is 0 Å². The largest absolute Gasteiger partial charge is 0.375 e. The molecule has 0 aliphatic carbocycles. The van der Waals surface area contributed by atoms with E-state index in [-0.39, 0.29) is 18.2 Å². The number of nitrogens with two attached hydrogens (primary N) is 1. The van der Waals surface area contributed by atoms with Gasteiger partial charge in [-0.2, -0.15) is 0 Å². The van der Waals surface area contributed by atoms with Crippen LogP contribution in [0.4, 0.5) is 9.52 Å². The van der Waals surface area contributed by atoms with E-state index in [0.29, 0.717) is 23.8 Å². The van der Waals surface area contributed by atoms with Crippen LogP contribution in [0.15, 0.2) is 24.4 Å². The summed E-state index contributed by atoms with van der Waals surface area (Å²) >= 11 is 1.46. The molecule has 1 aromatic heterocycles. The van der Waals surface area contributed by atoms with Gasteiger partial charge in [0.15, 0.2) is 5.13 Å². The maximum Gasteiger partial charge on any atom is 0.180 e. The highest BCUT2D eigenvalue weighted by molar-refractivity contribution is 7.15. The summed E-state index contributed by atoms with van der Waals surface area (Å²) < 4.78 is 13.3. The molecule has 0 aliphatic rings. The molecule has 2 aromatic rings. The van der Waals surface area contributed by atoms with Gasteiger partial charge in [0.05, 0.1) is 0 Å². The van der Waals surface area contributed by atoms with Gasteiger partial charge < -0.3 is 11.1 Å². The number of aryl methyl sites for hydroxylation is 1. The minimum absolute atomic E-state index is 0. The van der Waals surface area contributed by atoms with E-state index in [4.69, 9.17) is 5.73 Å². The van der Waals surface area contributed by atoms with E-state index < -0.39 is 0 Å². The molecule has 0 bridgehead atoms. The van der Waals surface area contributed by atoms with Gasteiger partial charge in [-0.15, -0.1) is 23.7 Å². The second-order valence-electron chi connectivity index (χ2n) is 3.85. The molecule has 0 aliphatic heterocycles. The number of hydrogen-bond acceptors (Lipinski definition) is 4. The number of nitrogens with one attached hydrogen (secondary N) is 1. The van der Waals surface area contributed by atoms with Gasteiger partial charge in [0.1, 0.15) is 5.82 Å². The Balaban J connectivity index is 0.00000162. The number of nitrogens with zero attached hydrogens (tertiary/aromatic N) is 1. The van der Waals surface area contributed by atoms with Crippen LogP contribution in [-0.2, 0) is 13.1 Å². The summed E-state index contributed by atoms with van der Waals surface area (Å²) in [5.74, 6) is -0.161. The Labute approximate surface area is 116 Å². The van der Waals surface area contributed by atoms with E-state index in [1.165, 1.54) is 11.3 Å². The maximum absolute atomic E-state index is 13.3. The first-order chi connectivity index (χ1) is 8.15. The fourth-order valence-corrected chi connectivity index (χ4v) is 2.13. The van der Waals surface area contributed by atoms with Crippen LogP contribution in [0.25, 0.3) is 0 Å². The van der Waals surface area contributed by atoms with Crippen molar-refractivity contribution in [1.29, 1.82) is 0 Å². The van der Waals surface area contributed by atoms with E-state index in [2.05, 4.69) is 10.3 Å².